The number of nitrogens with zero attached hydrogens (tertiary/aromatic N) is 2. The van der Waals surface area contributed by atoms with Gasteiger partial charge in [-0.05, 0) is 12.1 Å². The molecule has 0 saturated carbocycles. The maximum atomic E-state index is 11.3. The molecule has 2 rings (SSSR count). The number of rotatable bonds is 3. The fraction of sp³-hybridized carbons (Fsp3) is 0.545. The molecular weight excluding hydrogens is 238 g/mol. The van der Waals surface area contributed by atoms with Gasteiger partial charge in [0.2, 0.25) is 0 Å². The largest absolute Gasteiger partial charge is 0.397 e. The summed E-state index contributed by atoms with van der Waals surface area (Å²) in [6.45, 7) is 2.13. The number of pyridine rings is 1. The van der Waals surface area contributed by atoms with Crippen LogP contribution in [0.15, 0.2) is 18.3 Å². The second kappa shape index (κ2) is 5.01. The van der Waals surface area contributed by atoms with Crippen LogP contribution < -0.4 is 5.73 Å². The van der Waals surface area contributed by atoms with Crippen molar-refractivity contribution >= 4 is 15.5 Å². The Bertz CT molecular complexity index is 456. The minimum Gasteiger partial charge on any atom is -0.397 e. The zero-order chi connectivity index (χ0) is 12.3. The first-order chi connectivity index (χ1) is 8.05. The second-order valence-electron chi connectivity index (χ2n) is 4.33. The monoisotopic (exact) mass is 255 g/mol. The standard InChI is InChI=1S/C11H17N3O2S/c12-10-1-2-11(13-9-10)3-4-14-5-7-17(15,16)8-6-14/h1-2,9H,3-8,12H2. The smallest absolute Gasteiger partial charge is 0.152 e. The molecular formula is C11H17N3O2S. The minimum absolute atomic E-state index is 0.280. The molecule has 0 aliphatic carbocycles. The van der Waals surface area contributed by atoms with Gasteiger partial charge in [0.15, 0.2) is 9.84 Å². The fourth-order valence-corrected chi connectivity index (χ4v) is 3.11. The summed E-state index contributed by atoms with van der Waals surface area (Å²) in [6, 6.07) is 3.75. The van der Waals surface area contributed by atoms with Gasteiger partial charge in [-0.25, -0.2) is 8.42 Å². The lowest BCUT2D eigenvalue weighted by atomic mass is 10.2. The number of anilines is 1. The van der Waals surface area contributed by atoms with E-state index < -0.39 is 9.84 Å². The summed E-state index contributed by atoms with van der Waals surface area (Å²) < 4.78 is 22.5. The van der Waals surface area contributed by atoms with E-state index in [9.17, 15) is 8.42 Å². The first kappa shape index (κ1) is 12.3. The highest BCUT2D eigenvalue weighted by molar-refractivity contribution is 7.91. The Kier molecular flexibility index (Phi) is 3.63. The van der Waals surface area contributed by atoms with E-state index in [0.29, 0.717) is 18.8 Å². The maximum Gasteiger partial charge on any atom is 0.152 e. The topological polar surface area (TPSA) is 76.3 Å². The molecule has 6 heteroatoms. The van der Waals surface area contributed by atoms with Gasteiger partial charge in [-0.15, -0.1) is 0 Å². The SMILES string of the molecule is Nc1ccc(CCN2CCS(=O)(=O)CC2)nc1. The van der Waals surface area contributed by atoms with Crippen molar-refractivity contribution in [3.8, 4) is 0 Å². The van der Waals surface area contributed by atoms with Crippen LogP contribution in [0.25, 0.3) is 0 Å². The van der Waals surface area contributed by atoms with Gasteiger partial charge in [0, 0.05) is 31.7 Å². The molecule has 0 spiro atoms. The Hall–Kier alpha value is -1.14. The van der Waals surface area contributed by atoms with Crippen LogP contribution in [0.2, 0.25) is 0 Å². The molecule has 0 amide bonds. The van der Waals surface area contributed by atoms with Crippen LogP contribution in [-0.4, -0.2) is 49.4 Å². The van der Waals surface area contributed by atoms with E-state index in [1.54, 1.807) is 6.20 Å². The third kappa shape index (κ3) is 3.67. The molecule has 0 unspecified atom stereocenters. The van der Waals surface area contributed by atoms with Gasteiger partial charge in [0.05, 0.1) is 23.4 Å². The van der Waals surface area contributed by atoms with Gasteiger partial charge in [-0.2, -0.15) is 0 Å². The number of nitrogen functional groups attached to an aromatic ring is 1. The van der Waals surface area contributed by atoms with Crippen LogP contribution >= 0.6 is 0 Å². The normalized spacial score (nSPS) is 20.2. The molecule has 1 aromatic rings. The molecule has 1 saturated heterocycles. The number of aromatic nitrogens is 1. The van der Waals surface area contributed by atoms with Crippen molar-refractivity contribution in [3.63, 3.8) is 0 Å². The van der Waals surface area contributed by atoms with Crippen molar-refractivity contribution in [2.24, 2.45) is 0 Å². The summed E-state index contributed by atoms with van der Waals surface area (Å²) in [7, 11) is -2.78. The van der Waals surface area contributed by atoms with Crippen LogP contribution in [0, 0.1) is 0 Å². The first-order valence-electron chi connectivity index (χ1n) is 5.68. The van der Waals surface area contributed by atoms with E-state index in [0.717, 1.165) is 18.7 Å². The van der Waals surface area contributed by atoms with Crippen LogP contribution in [0.5, 0.6) is 0 Å². The fourth-order valence-electron chi connectivity index (χ4n) is 1.83. The highest BCUT2D eigenvalue weighted by atomic mass is 32.2. The molecule has 0 radical (unpaired) electrons. The summed E-state index contributed by atoms with van der Waals surface area (Å²) >= 11 is 0. The van der Waals surface area contributed by atoms with Gasteiger partial charge < -0.3 is 10.6 Å². The van der Waals surface area contributed by atoms with E-state index in [2.05, 4.69) is 9.88 Å². The van der Waals surface area contributed by atoms with Crippen LogP contribution in [0.1, 0.15) is 5.69 Å². The zero-order valence-electron chi connectivity index (χ0n) is 9.67. The van der Waals surface area contributed by atoms with Crippen molar-refractivity contribution in [1.29, 1.82) is 0 Å². The lowest BCUT2D eigenvalue weighted by Crippen LogP contribution is -2.41. The summed E-state index contributed by atoms with van der Waals surface area (Å²) in [5, 5.41) is 0. The number of hydrogen-bond donors (Lipinski definition) is 1. The molecule has 2 heterocycles. The molecule has 1 aliphatic heterocycles. The molecule has 5 nitrogen and oxygen atoms in total. The third-order valence-corrected chi connectivity index (χ3v) is 4.58. The average Bonchev–Trinajstić information content (AvgIpc) is 2.30. The highest BCUT2D eigenvalue weighted by Crippen LogP contribution is 2.06. The Balaban J connectivity index is 1.81. The summed E-state index contributed by atoms with van der Waals surface area (Å²) in [6.07, 6.45) is 2.48. The maximum absolute atomic E-state index is 11.3. The summed E-state index contributed by atoms with van der Waals surface area (Å²) in [4.78, 5) is 6.39. The van der Waals surface area contributed by atoms with Gasteiger partial charge in [-0.1, -0.05) is 0 Å². The van der Waals surface area contributed by atoms with E-state index in [4.69, 9.17) is 5.73 Å². The van der Waals surface area contributed by atoms with Crippen molar-refractivity contribution in [1.82, 2.24) is 9.88 Å². The molecule has 0 aromatic carbocycles. The molecule has 1 aromatic heterocycles. The molecule has 94 valence electrons. The molecule has 1 fully saturated rings. The lowest BCUT2D eigenvalue weighted by Gasteiger charge is -2.26. The van der Waals surface area contributed by atoms with E-state index in [1.165, 1.54) is 0 Å². The average molecular weight is 255 g/mol. The Morgan fingerprint density at radius 2 is 2.00 bits per heavy atom. The minimum atomic E-state index is -2.78. The second-order valence-corrected chi connectivity index (χ2v) is 6.63. The molecule has 17 heavy (non-hydrogen) atoms. The number of nitrogens with two attached hydrogens (primary N) is 1. The van der Waals surface area contributed by atoms with Crippen LogP contribution in [0.4, 0.5) is 5.69 Å². The first-order valence-corrected chi connectivity index (χ1v) is 7.50. The van der Waals surface area contributed by atoms with Crippen molar-refractivity contribution < 1.29 is 8.42 Å². The summed E-state index contributed by atoms with van der Waals surface area (Å²) in [5.74, 6) is 0.560. The highest BCUT2D eigenvalue weighted by Gasteiger charge is 2.20. The van der Waals surface area contributed by atoms with E-state index in [-0.39, 0.29) is 11.5 Å². The quantitative estimate of drug-likeness (QED) is 0.818. The molecule has 2 N–H and O–H groups in total. The molecule has 0 atom stereocenters. The van der Waals surface area contributed by atoms with Gasteiger partial charge in [0.25, 0.3) is 0 Å². The third-order valence-electron chi connectivity index (χ3n) is 2.97. The van der Waals surface area contributed by atoms with Crippen molar-refractivity contribution in [3.05, 3.63) is 24.0 Å². The Labute approximate surface area is 102 Å². The molecule has 0 bridgehead atoms. The zero-order valence-corrected chi connectivity index (χ0v) is 10.5. The van der Waals surface area contributed by atoms with Crippen molar-refractivity contribution in [2.75, 3.05) is 36.9 Å². The Morgan fingerprint density at radius 3 is 2.59 bits per heavy atom. The van der Waals surface area contributed by atoms with Crippen LogP contribution in [0.3, 0.4) is 0 Å². The Morgan fingerprint density at radius 1 is 1.29 bits per heavy atom. The summed E-state index contributed by atoms with van der Waals surface area (Å²) in [5.41, 5.74) is 7.21. The lowest BCUT2D eigenvalue weighted by molar-refractivity contribution is 0.298. The predicted molar refractivity (Wildman–Crippen MR) is 67.4 cm³/mol. The van der Waals surface area contributed by atoms with Gasteiger partial charge in [0.1, 0.15) is 0 Å². The van der Waals surface area contributed by atoms with Crippen molar-refractivity contribution in [2.45, 2.75) is 6.42 Å². The van der Waals surface area contributed by atoms with Gasteiger partial charge in [-0.3, -0.25) is 4.98 Å². The van der Waals surface area contributed by atoms with Gasteiger partial charge >= 0.3 is 0 Å². The van der Waals surface area contributed by atoms with E-state index >= 15 is 0 Å². The number of hydrogen-bond acceptors (Lipinski definition) is 5. The van der Waals surface area contributed by atoms with E-state index in [1.807, 2.05) is 12.1 Å². The predicted octanol–water partition coefficient (Wildman–Crippen LogP) is -0.0633. The molecule has 1 aliphatic rings. The number of sulfone groups is 1. The van der Waals surface area contributed by atoms with Crippen LogP contribution in [-0.2, 0) is 16.3 Å².